The number of hydrogen-bond acceptors (Lipinski definition) is 3. The maximum atomic E-state index is 5.40. The molecule has 0 aliphatic carbocycles. The van der Waals surface area contributed by atoms with E-state index in [1.54, 1.807) is 0 Å². The predicted molar refractivity (Wildman–Crippen MR) is 80.4 cm³/mol. The van der Waals surface area contributed by atoms with E-state index in [2.05, 4.69) is 36.5 Å². The average Bonchev–Trinajstić information content (AvgIpc) is 2.93. The molecule has 0 amide bonds. The molecule has 0 aromatic heterocycles. The van der Waals surface area contributed by atoms with Gasteiger partial charge in [-0.3, -0.25) is 0 Å². The molecule has 0 saturated heterocycles. The summed E-state index contributed by atoms with van der Waals surface area (Å²) >= 11 is 0. The van der Waals surface area contributed by atoms with Crippen molar-refractivity contribution >= 4 is 5.69 Å². The van der Waals surface area contributed by atoms with Crippen molar-refractivity contribution in [3.8, 4) is 11.5 Å². The van der Waals surface area contributed by atoms with Crippen LogP contribution in [0.25, 0.3) is 0 Å². The number of anilines is 1. The Morgan fingerprint density at radius 3 is 2.70 bits per heavy atom. The Morgan fingerprint density at radius 1 is 1.05 bits per heavy atom. The Bertz CT molecular complexity index is 568. The second kappa shape index (κ2) is 5.87. The molecule has 3 heteroatoms. The fourth-order valence-corrected chi connectivity index (χ4v) is 2.37. The minimum Gasteiger partial charge on any atom is -0.454 e. The van der Waals surface area contributed by atoms with E-state index >= 15 is 0 Å². The standard InChI is InChI=1S/C17H19NO2/c1-13(18-15-5-3-2-4-6-15)7-8-14-9-10-16-17(11-14)20-12-19-16/h2-6,9-11,13,18H,7-8,12H2,1H3. The fraction of sp³-hybridized carbons (Fsp3) is 0.294. The van der Waals surface area contributed by atoms with Gasteiger partial charge in [-0.1, -0.05) is 24.3 Å². The Hall–Kier alpha value is -2.16. The molecule has 20 heavy (non-hydrogen) atoms. The van der Waals surface area contributed by atoms with Crippen molar-refractivity contribution in [3.63, 3.8) is 0 Å². The summed E-state index contributed by atoms with van der Waals surface area (Å²) in [5.74, 6) is 1.72. The molecule has 0 fully saturated rings. The van der Waals surface area contributed by atoms with Gasteiger partial charge in [0, 0.05) is 11.7 Å². The SMILES string of the molecule is CC(CCc1ccc2c(c1)OCO2)Nc1ccccc1. The van der Waals surface area contributed by atoms with Gasteiger partial charge in [-0.05, 0) is 49.6 Å². The molecule has 0 spiro atoms. The lowest BCUT2D eigenvalue weighted by Gasteiger charge is -2.15. The van der Waals surface area contributed by atoms with E-state index in [-0.39, 0.29) is 0 Å². The molecule has 0 bridgehead atoms. The fourth-order valence-electron chi connectivity index (χ4n) is 2.37. The first kappa shape index (κ1) is 12.9. The van der Waals surface area contributed by atoms with Crippen molar-refractivity contribution in [1.82, 2.24) is 0 Å². The molecule has 0 radical (unpaired) electrons. The van der Waals surface area contributed by atoms with Gasteiger partial charge in [0.05, 0.1) is 0 Å². The van der Waals surface area contributed by atoms with Crippen LogP contribution >= 0.6 is 0 Å². The number of benzene rings is 2. The molecule has 2 aromatic carbocycles. The lowest BCUT2D eigenvalue weighted by atomic mass is 10.1. The highest BCUT2D eigenvalue weighted by Crippen LogP contribution is 2.32. The van der Waals surface area contributed by atoms with Gasteiger partial charge < -0.3 is 14.8 Å². The van der Waals surface area contributed by atoms with E-state index in [1.807, 2.05) is 24.3 Å². The van der Waals surface area contributed by atoms with Gasteiger partial charge in [-0.15, -0.1) is 0 Å². The van der Waals surface area contributed by atoms with Gasteiger partial charge in [-0.25, -0.2) is 0 Å². The monoisotopic (exact) mass is 269 g/mol. The van der Waals surface area contributed by atoms with Crippen LogP contribution in [-0.4, -0.2) is 12.8 Å². The zero-order valence-electron chi connectivity index (χ0n) is 11.6. The minimum absolute atomic E-state index is 0.338. The third kappa shape index (κ3) is 3.05. The molecule has 1 atom stereocenters. The molecular formula is C17H19NO2. The highest BCUT2D eigenvalue weighted by atomic mass is 16.7. The van der Waals surface area contributed by atoms with E-state index in [1.165, 1.54) is 11.3 Å². The van der Waals surface area contributed by atoms with E-state index in [0.717, 1.165) is 24.3 Å². The number of para-hydroxylation sites is 1. The van der Waals surface area contributed by atoms with Crippen LogP contribution in [0.4, 0.5) is 5.69 Å². The molecule has 1 N–H and O–H groups in total. The topological polar surface area (TPSA) is 30.5 Å². The quantitative estimate of drug-likeness (QED) is 0.894. The number of rotatable bonds is 5. The third-order valence-electron chi connectivity index (χ3n) is 3.49. The summed E-state index contributed by atoms with van der Waals surface area (Å²) in [6, 6.07) is 16.9. The number of nitrogens with one attached hydrogen (secondary N) is 1. The summed E-state index contributed by atoms with van der Waals surface area (Å²) in [5.41, 5.74) is 2.46. The molecule has 1 unspecified atom stereocenters. The molecule has 2 aromatic rings. The summed E-state index contributed by atoms with van der Waals surface area (Å²) in [7, 11) is 0. The lowest BCUT2D eigenvalue weighted by molar-refractivity contribution is 0.174. The third-order valence-corrected chi connectivity index (χ3v) is 3.49. The highest BCUT2D eigenvalue weighted by Gasteiger charge is 2.13. The Balaban J connectivity index is 1.54. The maximum Gasteiger partial charge on any atom is 0.231 e. The van der Waals surface area contributed by atoms with Crippen LogP contribution in [0.2, 0.25) is 0 Å². The van der Waals surface area contributed by atoms with Gasteiger partial charge in [-0.2, -0.15) is 0 Å². The predicted octanol–water partition coefficient (Wildman–Crippen LogP) is 3.85. The maximum absolute atomic E-state index is 5.40. The van der Waals surface area contributed by atoms with Gasteiger partial charge >= 0.3 is 0 Å². The van der Waals surface area contributed by atoms with E-state index < -0.39 is 0 Å². The van der Waals surface area contributed by atoms with Crippen LogP contribution in [-0.2, 0) is 6.42 Å². The minimum atomic E-state index is 0.338. The molecule has 1 aliphatic heterocycles. The molecule has 3 nitrogen and oxygen atoms in total. The Kier molecular flexibility index (Phi) is 3.77. The Labute approximate surface area is 119 Å². The van der Waals surface area contributed by atoms with Crippen molar-refractivity contribution in [2.75, 3.05) is 12.1 Å². The van der Waals surface area contributed by atoms with Crippen molar-refractivity contribution in [2.24, 2.45) is 0 Å². The first-order chi connectivity index (χ1) is 9.81. The summed E-state index contributed by atoms with van der Waals surface area (Å²) in [6.07, 6.45) is 2.10. The largest absolute Gasteiger partial charge is 0.454 e. The smallest absolute Gasteiger partial charge is 0.231 e. The summed E-state index contributed by atoms with van der Waals surface area (Å²) in [5, 5.41) is 3.51. The summed E-state index contributed by atoms with van der Waals surface area (Å²) < 4.78 is 10.7. The van der Waals surface area contributed by atoms with Crippen molar-refractivity contribution in [1.29, 1.82) is 0 Å². The normalized spacial score (nSPS) is 14.1. The zero-order valence-corrected chi connectivity index (χ0v) is 11.6. The zero-order chi connectivity index (χ0) is 13.8. The second-order valence-electron chi connectivity index (χ2n) is 5.14. The molecule has 1 heterocycles. The van der Waals surface area contributed by atoms with E-state index in [0.29, 0.717) is 12.8 Å². The average molecular weight is 269 g/mol. The van der Waals surface area contributed by atoms with Gasteiger partial charge in [0.15, 0.2) is 11.5 Å². The van der Waals surface area contributed by atoms with Crippen LogP contribution in [0.3, 0.4) is 0 Å². The van der Waals surface area contributed by atoms with E-state index in [9.17, 15) is 0 Å². The lowest BCUT2D eigenvalue weighted by Crippen LogP contribution is -2.15. The van der Waals surface area contributed by atoms with Crippen LogP contribution in [0.1, 0.15) is 18.9 Å². The summed E-state index contributed by atoms with van der Waals surface area (Å²) in [4.78, 5) is 0. The number of ether oxygens (including phenoxy) is 2. The number of fused-ring (bicyclic) bond motifs is 1. The number of hydrogen-bond donors (Lipinski definition) is 1. The molecule has 0 saturated carbocycles. The van der Waals surface area contributed by atoms with Crippen LogP contribution < -0.4 is 14.8 Å². The number of aryl methyl sites for hydroxylation is 1. The van der Waals surface area contributed by atoms with Crippen LogP contribution in [0.15, 0.2) is 48.5 Å². The molecule has 1 aliphatic rings. The van der Waals surface area contributed by atoms with E-state index in [4.69, 9.17) is 9.47 Å². The van der Waals surface area contributed by atoms with Crippen molar-refractivity contribution in [3.05, 3.63) is 54.1 Å². The van der Waals surface area contributed by atoms with Crippen LogP contribution in [0.5, 0.6) is 11.5 Å². The molecule has 3 rings (SSSR count). The van der Waals surface area contributed by atoms with Crippen molar-refractivity contribution in [2.45, 2.75) is 25.8 Å². The van der Waals surface area contributed by atoms with Crippen LogP contribution in [0, 0.1) is 0 Å². The molecule has 104 valence electrons. The first-order valence-corrected chi connectivity index (χ1v) is 7.01. The van der Waals surface area contributed by atoms with Gasteiger partial charge in [0.1, 0.15) is 0 Å². The molecular weight excluding hydrogens is 250 g/mol. The van der Waals surface area contributed by atoms with Gasteiger partial charge in [0.25, 0.3) is 0 Å². The second-order valence-corrected chi connectivity index (χ2v) is 5.14. The first-order valence-electron chi connectivity index (χ1n) is 7.01. The highest BCUT2D eigenvalue weighted by molar-refractivity contribution is 5.45. The summed E-state index contributed by atoms with van der Waals surface area (Å²) in [6.45, 7) is 2.55. The van der Waals surface area contributed by atoms with Gasteiger partial charge in [0.2, 0.25) is 6.79 Å². The van der Waals surface area contributed by atoms with Crippen molar-refractivity contribution < 1.29 is 9.47 Å². The Morgan fingerprint density at radius 2 is 1.85 bits per heavy atom.